The van der Waals surface area contributed by atoms with Crippen molar-refractivity contribution in [3.63, 3.8) is 0 Å². The summed E-state index contributed by atoms with van der Waals surface area (Å²) in [6.45, 7) is 3.74. The van der Waals surface area contributed by atoms with E-state index in [9.17, 15) is 50.0 Å². The second kappa shape index (κ2) is 37.9. The number of nitrogens with one attached hydrogen (secondary N) is 1. The molecule has 0 heterocycles. The molecule has 0 bridgehead atoms. The molecule has 1 saturated carbocycles. The fraction of sp³-hybridized carbons (Fsp3) is 0.896. The number of hydrogen-bond donors (Lipinski definition) is 9. The summed E-state index contributed by atoms with van der Waals surface area (Å²) in [5, 5.41) is 74.5. The Labute approximate surface area is 375 Å². The first-order valence-corrected chi connectivity index (χ1v) is 26.4. The zero-order valence-corrected chi connectivity index (χ0v) is 39.7. The zero-order chi connectivity index (χ0) is 45.9. The highest BCUT2D eigenvalue weighted by atomic mass is 31.2. The van der Waals surface area contributed by atoms with Crippen molar-refractivity contribution in [3.05, 3.63) is 24.3 Å². The zero-order valence-electron chi connectivity index (χ0n) is 38.8. The fourth-order valence-corrected chi connectivity index (χ4v) is 8.93. The second-order valence-electron chi connectivity index (χ2n) is 17.8. The maximum Gasteiger partial charge on any atom is 0.472 e. The van der Waals surface area contributed by atoms with Crippen LogP contribution < -0.4 is 5.32 Å². The number of aliphatic hydroxyl groups is 7. The van der Waals surface area contributed by atoms with Crippen LogP contribution in [0.15, 0.2) is 24.3 Å². The number of phosphoric acid groups is 1. The molecule has 0 radical (unpaired) electrons. The Morgan fingerprint density at radius 2 is 0.952 bits per heavy atom. The van der Waals surface area contributed by atoms with Crippen LogP contribution in [0.3, 0.4) is 0 Å². The maximum absolute atomic E-state index is 13.0. The van der Waals surface area contributed by atoms with Crippen LogP contribution in [0.5, 0.6) is 0 Å². The van der Waals surface area contributed by atoms with Crippen molar-refractivity contribution < 1.29 is 59.0 Å². The molecule has 1 aliphatic carbocycles. The molecule has 8 unspecified atom stereocenters. The lowest BCUT2D eigenvalue weighted by Crippen LogP contribution is -2.64. The quantitative estimate of drug-likeness (QED) is 0.0159. The summed E-state index contributed by atoms with van der Waals surface area (Å²) in [4.78, 5) is 23.5. The highest BCUT2D eigenvalue weighted by Gasteiger charge is 2.51. The Bertz CT molecular complexity index is 1160. The van der Waals surface area contributed by atoms with E-state index in [4.69, 9.17) is 9.05 Å². The standard InChI is InChI=1S/C48H92NO12P/c1-3-5-7-9-11-13-15-17-19-21-23-25-27-29-31-33-35-39(50)37-42(52)49-40(38-60-62(58,59)61-48-46(56)44(54)43(53)45(55)47(48)57)41(51)36-34-32-30-28-26-24-22-20-18-16-14-12-10-8-6-4-2/h26,28,34,36,39-41,43-48,50-51,53-57H,3-25,27,29-33,35,37-38H2,1-2H3,(H,49,52)(H,58,59)/b28-26+,36-34+. The predicted octanol–water partition coefficient (Wildman–Crippen LogP) is 8.76. The molecule has 9 N–H and O–H groups in total. The van der Waals surface area contributed by atoms with Crippen molar-refractivity contribution in [3.8, 4) is 0 Å². The SMILES string of the molecule is CCCCCCCCCCCC/C=C/CC/C=C/C(O)C(COP(=O)(O)OC1C(O)C(O)C(O)C(O)C1O)NC(=O)CC(O)CCCCCCCCCCCCCCCCCC. The van der Waals surface area contributed by atoms with Gasteiger partial charge in [-0.05, 0) is 32.1 Å². The van der Waals surface area contributed by atoms with Crippen LogP contribution in [0.25, 0.3) is 0 Å². The Kier molecular flexibility index (Phi) is 36.0. The minimum atomic E-state index is -5.15. The van der Waals surface area contributed by atoms with Gasteiger partial charge in [-0.3, -0.25) is 13.8 Å². The molecule has 0 aromatic heterocycles. The normalized spacial score (nSPS) is 23.2. The van der Waals surface area contributed by atoms with Gasteiger partial charge in [0.05, 0.1) is 31.3 Å². The number of carbonyl (C=O) groups excluding carboxylic acids is 1. The first-order chi connectivity index (χ1) is 29.8. The van der Waals surface area contributed by atoms with E-state index in [2.05, 4.69) is 31.3 Å². The molecule has 0 aliphatic heterocycles. The van der Waals surface area contributed by atoms with Crippen molar-refractivity contribution >= 4 is 13.7 Å². The third kappa shape index (κ3) is 29.3. The van der Waals surface area contributed by atoms with E-state index in [1.165, 1.54) is 141 Å². The lowest BCUT2D eigenvalue weighted by molar-refractivity contribution is -0.220. The van der Waals surface area contributed by atoms with Crippen LogP contribution in [0.4, 0.5) is 0 Å². The van der Waals surface area contributed by atoms with Crippen LogP contribution in [0, 0.1) is 0 Å². The van der Waals surface area contributed by atoms with Gasteiger partial charge in [-0.15, -0.1) is 0 Å². The number of rotatable bonds is 41. The molecule has 1 fully saturated rings. The molecule has 8 atom stereocenters. The van der Waals surface area contributed by atoms with Gasteiger partial charge in [-0.1, -0.05) is 199 Å². The lowest BCUT2D eigenvalue weighted by atomic mass is 9.85. The van der Waals surface area contributed by atoms with Gasteiger partial charge in [0.15, 0.2) is 0 Å². The molecule has 1 aliphatic rings. The first kappa shape index (κ1) is 58.8. The molecule has 1 amide bonds. The van der Waals surface area contributed by atoms with Gasteiger partial charge in [-0.25, -0.2) is 4.57 Å². The van der Waals surface area contributed by atoms with Crippen molar-refractivity contribution in [1.29, 1.82) is 0 Å². The highest BCUT2D eigenvalue weighted by molar-refractivity contribution is 7.47. The summed E-state index contributed by atoms with van der Waals surface area (Å²) in [5.74, 6) is -0.600. The van der Waals surface area contributed by atoms with Crippen LogP contribution in [0.1, 0.15) is 213 Å². The van der Waals surface area contributed by atoms with Crippen LogP contribution >= 0.6 is 7.82 Å². The van der Waals surface area contributed by atoms with Crippen molar-refractivity contribution in [2.24, 2.45) is 0 Å². The van der Waals surface area contributed by atoms with Crippen LogP contribution in [-0.2, 0) is 18.4 Å². The third-order valence-corrected chi connectivity index (χ3v) is 13.0. The average Bonchev–Trinajstić information content (AvgIpc) is 3.24. The summed E-state index contributed by atoms with van der Waals surface area (Å²) in [6.07, 6.45) is 28.4. The van der Waals surface area contributed by atoms with E-state index in [0.29, 0.717) is 12.8 Å². The minimum absolute atomic E-state index is 0.249. The number of allylic oxidation sites excluding steroid dienone is 3. The summed E-state index contributed by atoms with van der Waals surface area (Å²) < 4.78 is 22.9. The summed E-state index contributed by atoms with van der Waals surface area (Å²) >= 11 is 0. The molecule has 1 rings (SSSR count). The average molecular weight is 906 g/mol. The second-order valence-corrected chi connectivity index (χ2v) is 19.3. The van der Waals surface area contributed by atoms with Gasteiger partial charge >= 0.3 is 7.82 Å². The molecule has 0 aromatic carbocycles. The Morgan fingerprint density at radius 3 is 1.42 bits per heavy atom. The van der Waals surface area contributed by atoms with Crippen molar-refractivity contribution in [1.82, 2.24) is 5.32 Å². The molecule has 0 aromatic rings. The van der Waals surface area contributed by atoms with Gasteiger partial charge in [0, 0.05) is 0 Å². The third-order valence-electron chi connectivity index (χ3n) is 12.0. The monoisotopic (exact) mass is 906 g/mol. The molecule has 0 spiro atoms. The molecule has 13 nitrogen and oxygen atoms in total. The van der Waals surface area contributed by atoms with E-state index < -0.39 is 75.2 Å². The largest absolute Gasteiger partial charge is 0.472 e. The highest BCUT2D eigenvalue weighted by Crippen LogP contribution is 2.47. The van der Waals surface area contributed by atoms with Gasteiger partial charge in [0.1, 0.15) is 36.6 Å². The van der Waals surface area contributed by atoms with Crippen LogP contribution in [-0.4, -0.2) is 108 Å². The maximum atomic E-state index is 13.0. The number of unbranched alkanes of at least 4 members (excludes halogenated alkanes) is 26. The minimum Gasteiger partial charge on any atom is -0.393 e. The number of aliphatic hydroxyl groups excluding tert-OH is 7. The van der Waals surface area contributed by atoms with E-state index in [0.717, 1.165) is 44.9 Å². The Balaban J connectivity index is 2.53. The van der Waals surface area contributed by atoms with Gasteiger partial charge in [0.2, 0.25) is 5.91 Å². The molecular formula is C48H92NO12P. The first-order valence-electron chi connectivity index (χ1n) is 24.9. The number of phosphoric ester groups is 1. The molecule has 62 heavy (non-hydrogen) atoms. The summed E-state index contributed by atoms with van der Waals surface area (Å²) in [7, 11) is -5.15. The predicted molar refractivity (Wildman–Crippen MR) is 247 cm³/mol. The Hall–Kier alpha value is -1.22. The summed E-state index contributed by atoms with van der Waals surface area (Å²) in [6, 6.07) is -1.25. The number of amides is 1. The fourth-order valence-electron chi connectivity index (χ4n) is 7.96. The van der Waals surface area contributed by atoms with Crippen molar-refractivity contribution in [2.75, 3.05) is 6.61 Å². The smallest absolute Gasteiger partial charge is 0.393 e. The molecule has 0 saturated heterocycles. The van der Waals surface area contributed by atoms with E-state index in [1.807, 2.05) is 0 Å². The number of carbonyl (C=O) groups is 1. The van der Waals surface area contributed by atoms with E-state index >= 15 is 0 Å². The summed E-state index contributed by atoms with van der Waals surface area (Å²) in [5.41, 5.74) is 0. The van der Waals surface area contributed by atoms with E-state index in [-0.39, 0.29) is 6.42 Å². The molecule has 366 valence electrons. The lowest BCUT2D eigenvalue weighted by Gasteiger charge is -2.41. The van der Waals surface area contributed by atoms with Gasteiger partial charge in [-0.2, -0.15) is 0 Å². The Morgan fingerprint density at radius 1 is 0.565 bits per heavy atom. The van der Waals surface area contributed by atoms with Gasteiger partial charge in [0.25, 0.3) is 0 Å². The molecule has 14 heteroatoms. The number of hydrogen-bond acceptors (Lipinski definition) is 11. The van der Waals surface area contributed by atoms with Crippen molar-refractivity contribution in [2.45, 2.75) is 268 Å². The van der Waals surface area contributed by atoms with Crippen LogP contribution in [0.2, 0.25) is 0 Å². The van der Waals surface area contributed by atoms with E-state index in [1.54, 1.807) is 6.08 Å². The molecular weight excluding hydrogens is 813 g/mol. The van der Waals surface area contributed by atoms with Gasteiger partial charge < -0.3 is 46.0 Å². The topological polar surface area (TPSA) is 226 Å².